The zero-order chi connectivity index (χ0) is 18.0. The van der Waals surface area contributed by atoms with Crippen LogP contribution in [-0.2, 0) is 0 Å². The zero-order valence-electron chi connectivity index (χ0n) is 12.5. The van der Waals surface area contributed by atoms with Crippen molar-refractivity contribution in [3.63, 3.8) is 0 Å². The van der Waals surface area contributed by atoms with Crippen molar-refractivity contribution in [2.45, 2.75) is 0 Å². The van der Waals surface area contributed by atoms with Crippen molar-refractivity contribution in [2.24, 2.45) is 0 Å². The van der Waals surface area contributed by atoms with Gasteiger partial charge < -0.3 is 5.32 Å². The standard InChI is InChI=1S/C17H10Cl3N3O2/c18-11-4-1-3-10(9-11)17(25)23-8-7-14(22-23)16(24)21-13-6-2-5-12(19)15(13)20/h1-9H,(H,21,24). The highest BCUT2D eigenvalue weighted by molar-refractivity contribution is 6.44. The van der Waals surface area contributed by atoms with E-state index < -0.39 is 11.8 Å². The minimum atomic E-state index is -0.512. The van der Waals surface area contributed by atoms with Crippen LogP contribution in [0.15, 0.2) is 54.7 Å². The Morgan fingerprint density at radius 1 is 1.00 bits per heavy atom. The summed E-state index contributed by atoms with van der Waals surface area (Å²) in [5.74, 6) is -0.913. The normalized spacial score (nSPS) is 10.5. The van der Waals surface area contributed by atoms with Gasteiger partial charge in [0.15, 0.2) is 5.69 Å². The van der Waals surface area contributed by atoms with E-state index in [0.29, 0.717) is 21.3 Å². The predicted octanol–water partition coefficient (Wildman–Crippen LogP) is 4.78. The third kappa shape index (κ3) is 3.85. The Hall–Kier alpha value is -2.34. The van der Waals surface area contributed by atoms with Crippen LogP contribution in [0.3, 0.4) is 0 Å². The summed E-state index contributed by atoms with van der Waals surface area (Å²) in [5, 5.41) is 7.59. The Morgan fingerprint density at radius 3 is 2.52 bits per heavy atom. The van der Waals surface area contributed by atoms with Crippen molar-refractivity contribution in [1.82, 2.24) is 9.78 Å². The second kappa shape index (κ2) is 7.27. The molecule has 3 aromatic rings. The molecule has 0 saturated carbocycles. The molecule has 1 heterocycles. The minimum Gasteiger partial charge on any atom is -0.319 e. The molecule has 0 saturated heterocycles. The number of rotatable bonds is 3. The molecule has 0 aliphatic carbocycles. The van der Waals surface area contributed by atoms with E-state index in [0.717, 1.165) is 4.68 Å². The van der Waals surface area contributed by atoms with E-state index in [-0.39, 0.29) is 10.7 Å². The molecular weight excluding hydrogens is 385 g/mol. The molecule has 1 N–H and O–H groups in total. The quantitative estimate of drug-likeness (QED) is 0.695. The molecule has 0 spiro atoms. The summed E-state index contributed by atoms with van der Waals surface area (Å²) in [6.45, 7) is 0. The van der Waals surface area contributed by atoms with Gasteiger partial charge in [-0.1, -0.05) is 46.9 Å². The maximum absolute atomic E-state index is 12.4. The first-order chi connectivity index (χ1) is 12.0. The number of carbonyl (C=O) groups is 2. The number of aromatic nitrogens is 2. The van der Waals surface area contributed by atoms with Crippen LogP contribution in [0.25, 0.3) is 0 Å². The lowest BCUT2D eigenvalue weighted by Crippen LogP contribution is -2.16. The van der Waals surface area contributed by atoms with Gasteiger partial charge in [0.25, 0.3) is 11.8 Å². The maximum atomic E-state index is 12.4. The molecule has 0 aliphatic heterocycles. The van der Waals surface area contributed by atoms with Gasteiger partial charge in [-0.3, -0.25) is 9.59 Å². The van der Waals surface area contributed by atoms with Crippen molar-refractivity contribution in [2.75, 3.05) is 5.32 Å². The summed E-state index contributed by atoms with van der Waals surface area (Å²) in [7, 11) is 0. The van der Waals surface area contributed by atoms with E-state index in [4.69, 9.17) is 34.8 Å². The number of hydrogen-bond acceptors (Lipinski definition) is 3. The van der Waals surface area contributed by atoms with E-state index in [2.05, 4.69) is 10.4 Å². The van der Waals surface area contributed by atoms with Gasteiger partial charge >= 0.3 is 0 Å². The second-order valence-electron chi connectivity index (χ2n) is 5.02. The smallest absolute Gasteiger partial charge is 0.278 e. The Kier molecular flexibility index (Phi) is 5.08. The molecule has 0 unspecified atom stereocenters. The summed E-state index contributed by atoms with van der Waals surface area (Å²) in [6.07, 6.45) is 1.40. The number of carbonyl (C=O) groups excluding carboxylic acids is 2. The van der Waals surface area contributed by atoms with Crippen LogP contribution in [0.1, 0.15) is 20.8 Å². The molecule has 0 bridgehead atoms. The Bertz CT molecular complexity index is 969. The third-order valence-electron chi connectivity index (χ3n) is 3.30. The van der Waals surface area contributed by atoms with Crippen LogP contribution in [0.2, 0.25) is 15.1 Å². The molecule has 0 radical (unpaired) electrons. The highest BCUT2D eigenvalue weighted by Gasteiger charge is 2.16. The van der Waals surface area contributed by atoms with Crippen LogP contribution < -0.4 is 5.32 Å². The van der Waals surface area contributed by atoms with Crippen molar-refractivity contribution < 1.29 is 9.59 Å². The molecule has 0 aliphatic rings. The van der Waals surface area contributed by atoms with Crippen LogP contribution in [-0.4, -0.2) is 21.6 Å². The summed E-state index contributed by atoms with van der Waals surface area (Å²) in [6, 6.07) is 12.8. The first kappa shape index (κ1) is 17.5. The first-order valence-electron chi connectivity index (χ1n) is 7.07. The van der Waals surface area contributed by atoms with Gasteiger partial charge in [-0.05, 0) is 36.4 Å². The molecule has 5 nitrogen and oxygen atoms in total. The molecule has 3 rings (SSSR count). The van der Waals surface area contributed by atoms with Crippen molar-refractivity contribution in [1.29, 1.82) is 0 Å². The lowest BCUT2D eigenvalue weighted by atomic mass is 10.2. The number of benzene rings is 2. The fraction of sp³-hybridized carbons (Fsp3) is 0. The molecule has 0 fully saturated rings. The van der Waals surface area contributed by atoms with Gasteiger partial charge in [0.1, 0.15) is 0 Å². The highest BCUT2D eigenvalue weighted by atomic mass is 35.5. The van der Waals surface area contributed by atoms with Gasteiger partial charge in [-0.2, -0.15) is 5.10 Å². The molecule has 2 aromatic carbocycles. The SMILES string of the molecule is O=C(Nc1cccc(Cl)c1Cl)c1ccn(C(=O)c2cccc(Cl)c2)n1. The topological polar surface area (TPSA) is 64.0 Å². The monoisotopic (exact) mass is 393 g/mol. The maximum Gasteiger partial charge on any atom is 0.278 e. The molecular formula is C17H10Cl3N3O2. The van der Waals surface area contributed by atoms with E-state index in [1.807, 2.05) is 0 Å². The van der Waals surface area contributed by atoms with E-state index in [1.54, 1.807) is 36.4 Å². The average molecular weight is 395 g/mol. The number of amides is 1. The lowest BCUT2D eigenvalue weighted by molar-refractivity contribution is 0.0944. The molecule has 8 heteroatoms. The largest absolute Gasteiger partial charge is 0.319 e. The number of nitrogens with one attached hydrogen (secondary N) is 1. The van der Waals surface area contributed by atoms with Crippen molar-refractivity contribution in [3.8, 4) is 0 Å². The van der Waals surface area contributed by atoms with E-state index >= 15 is 0 Å². The molecule has 0 atom stereocenters. The second-order valence-corrected chi connectivity index (χ2v) is 6.24. The van der Waals surface area contributed by atoms with Crippen molar-refractivity contribution >= 4 is 52.3 Å². The molecule has 1 aromatic heterocycles. The van der Waals surface area contributed by atoms with Crippen LogP contribution in [0.5, 0.6) is 0 Å². The van der Waals surface area contributed by atoms with Crippen LogP contribution >= 0.6 is 34.8 Å². The van der Waals surface area contributed by atoms with Crippen LogP contribution in [0.4, 0.5) is 5.69 Å². The average Bonchev–Trinajstić information content (AvgIpc) is 3.08. The van der Waals surface area contributed by atoms with Gasteiger partial charge in [0, 0.05) is 16.8 Å². The van der Waals surface area contributed by atoms with E-state index in [9.17, 15) is 9.59 Å². The number of halogens is 3. The third-order valence-corrected chi connectivity index (χ3v) is 4.36. The lowest BCUT2D eigenvalue weighted by Gasteiger charge is -2.06. The van der Waals surface area contributed by atoms with E-state index in [1.165, 1.54) is 18.3 Å². The van der Waals surface area contributed by atoms with Gasteiger partial charge in [0.2, 0.25) is 0 Å². The molecule has 1 amide bonds. The van der Waals surface area contributed by atoms with Crippen molar-refractivity contribution in [3.05, 3.63) is 81.1 Å². The summed E-state index contributed by atoms with van der Waals surface area (Å²) >= 11 is 17.8. The molecule has 25 heavy (non-hydrogen) atoms. The first-order valence-corrected chi connectivity index (χ1v) is 8.20. The summed E-state index contributed by atoms with van der Waals surface area (Å²) < 4.78 is 1.07. The van der Waals surface area contributed by atoms with Gasteiger partial charge in [0.05, 0.1) is 15.7 Å². The number of nitrogens with zero attached hydrogens (tertiary/aromatic N) is 2. The Labute approximate surface area is 158 Å². The Morgan fingerprint density at radius 2 is 1.76 bits per heavy atom. The zero-order valence-corrected chi connectivity index (χ0v) is 14.8. The van der Waals surface area contributed by atoms with Gasteiger partial charge in [-0.15, -0.1) is 0 Å². The fourth-order valence-electron chi connectivity index (χ4n) is 2.10. The molecule has 126 valence electrons. The fourth-order valence-corrected chi connectivity index (χ4v) is 2.64. The highest BCUT2D eigenvalue weighted by Crippen LogP contribution is 2.29. The van der Waals surface area contributed by atoms with Crippen LogP contribution in [0, 0.1) is 0 Å². The number of hydrogen-bond donors (Lipinski definition) is 1. The summed E-state index contributed by atoms with van der Waals surface area (Å²) in [5.41, 5.74) is 0.779. The minimum absolute atomic E-state index is 0.0615. The van der Waals surface area contributed by atoms with Gasteiger partial charge in [-0.25, -0.2) is 4.68 Å². The summed E-state index contributed by atoms with van der Waals surface area (Å²) in [4.78, 5) is 24.6. The predicted molar refractivity (Wildman–Crippen MR) is 97.8 cm³/mol. The number of anilines is 1. The Balaban J connectivity index is 1.80.